The van der Waals surface area contributed by atoms with Gasteiger partial charge in [-0.2, -0.15) is 0 Å². The molecule has 0 aliphatic carbocycles. The topological polar surface area (TPSA) is 67.3 Å². The molecule has 0 saturated carbocycles. The number of para-hydroxylation sites is 1. The number of amides is 2. The van der Waals surface area contributed by atoms with E-state index in [1.807, 2.05) is 19.9 Å². The third-order valence-corrected chi connectivity index (χ3v) is 3.86. The van der Waals surface area contributed by atoms with Crippen LogP contribution in [0.2, 0.25) is 0 Å². The molecular weight excluding hydrogens is 330 g/mol. The van der Waals surface area contributed by atoms with Gasteiger partial charge < -0.3 is 15.0 Å². The highest BCUT2D eigenvalue weighted by Gasteiger charge is 2.29. The molecule has 25 heavy (non-hydrogen) atoms. The first-order chi connectivity index (χ1) is 11.9. The summed E-state index contributed by atoms with van der Waals surface area (Å²) in [5, 5.41) is 2.27. The smallest absolute Gasteiger partial charge is 0.322 e. The highest BCUT2D eigenvalue weighted by Crippen LogP contribution is 2.21. The zero-order chi connectivity index (χ0) is 18.0. The van der Waals surface area contributed by atoms with Crippen molar-refractivity contribution in [2.75, 3.05) is 18.4 Å². The van der Waals surface area contributed by atoms with Gasteiger partial charge in [-0.1, -0.05) is 6.07 Å². The van der Waals surface area contributed by atoms with Gasteiger partial charge in [0.05, 0.1) is 6.54 Å². The van der Waals surface area contributed by atoms with Gasteiger partial charge in [0, 0.05) is 24.4 Å². The number of likely N-dealkylation sites (tertiary alicyclic amines) is 1. The molecule has 2 amide bonds. The maximum absolute atomic E-state index is 13.6. The summed E-state index contributed by atoms with van der Waals surface area (Å²) in [4.78, 5) is 22.1. The Morgan fingerprint density at radius 2 is 1.88 bits per heavy atom. The summed E-state index contributed by atoms with van der Waals surface area (Å²) < 4.78 is 33.0. The number of urea groups is 1. The van der Waals surface area contributed by atoms with E-state index in [0.29, 0.717) is 13.0 Å². The van der Waals surface area contributed by atoms with E-state index >= 15 is 0 Å². The van der Waals surface area contributed by atoms with E-state index < -0.39 is 23.4 Å². The standard InChI is InChI=1S/C17H18F2N4O2/c1-10-8-11(2)21-16(20-10)25-12-6-7-23(9-12)17(24)22-15-13(18)4-3-5-14(15)19/h3-5,8,12H,6-7,9H2,1-2H3,(H,22,24)/t12-/m0/s1. The molecule has 3 rings (SSSR count). The predicted octanol–water partition coefficient (Wildman–Crippen LogP) is 3.06. The van der Waals surface area contributed by atoms with Gasteiger partial charge in [-0.15, -0.1) is 0 Å². The van der Waals surface area contributed by atoms with Crippen LogP contribution in [0, 0.1) is 25.5 Å². The molecule has 0 bridgehead atoms. The number of ether oxygens (including phenoxy) is 1. The van der Waals surface area contributed by atoms with Gasteiger partial charge in [0.25, 0.3) is 0 Å². The van der Waals surface area contributed by atoms with Crippen LogP contribution in [0.5, 0.6) is 6.01 Å². The number of nitrogens with zero attached hydrogens (tertiary/aromatic N) is 3. The Bertz CT molecular complexity index is 760. The molecular formula is C17H18F2N4O2. The highest BCUT2D eigenvalue weighted by atomic mass is 19.1. The number of aryl methyl sites for hydroxylation is 2. The van der Waals surface area contributed by atoms with Gasteiger partial charge in [0.15, 0.2) is 0 Å². The third-order valence-electron chi connectivity index (χ3n) is 3.86. The maximum Gasteiger partial charge on any atom is 0.322 e. The van der Waals surface area contributed by atoms with Crippen LogP contribution in [0.4, 0.5) is 19.3 Å². The largest absolute Gasteiger partial charge is 0.458 e. The lowest BCUT2D eigenvalue weighted by Gasteiger charge is -2.18. The zero-order valence-electron chi connectivity index (χ0n) is 13.9. The van der Waals surface area contributed by atoms with Crippen molar-refractivity contribution >= 4 is 11.7 Å². The summed E-state index contributed by atoms with van der Waals surface area (Å²) >= 11 is 0. The molecule has 6 nitrogen and oxygen atoms in total. The van der Waals surface area contributed by atoms with Crippen LogP contribution in [0.15, 0.2) is 24.3 Å². The molecule has 2 aromatic rings. The molecule has 1 aliphatic heterocycles. The molecule has 0 unspecified atom stereocenters. The van der Waals surface area contributed by atoms with Crippen molar-refractivity contribution in [2.45, 2.75) is 26.4 Å². The summed E-state index contributed by atoms with van der Waals surface area (Å²) in [5.74, 6) is -1.63. The van der Waals surface area contributed by atoms with Gasteiger partial charge in [-0.3, -0.25) is 0 Å². The van der Waals surface area contributed by atoms with Crippen molar-refractivity contribution in [3.05, 3.63) is 47.3 Å². The SMILES string of the molecule is Cc1cc(C)nc(O[C@H]2CCN(C(=O)Nc3c(F)cccc3F)C2)n1. The minimum absolute atomic E-state index is 0.266. The first kappa shape index (κ1) is 17.1. The number of carbonyl (C=O) groups excluding carboxylic acids is 1. The number of nitrogens with one attached hydrogen (secondary N) is 1. The van der Waals surface area contributed by atoms with E-state index in [9.17, 15) is 13.6 Å². The van der Waals surface area contributed by atoms with Crippen molar-refractivity contribution in [1.82, 2.24) is 14.9 Å². The molecule has 8 heteroatoms. The summed E-state index contributed by atoms with van der Waals surface area (Å²) in [6.45, 7) is 4.40. The molecule has 1 aromatic carbocycles. The van der Waals surface area contributed by atoms with Gasteiger partial charge in [-0.05, 0) is 32.0 Å². The molecule has 132 valence electrons. The Morgan fingerprint density at radius 3 is 2.52 bits per heavy atom. The Hall–Kier alpha value is -2.77. The fourth-order valence-electron chi connectivity index (χ4n) is 2.71. The maximum atomic E-state index is 13.6. The van der Waals surface area contributed by atoms with Gasteiger partial charge in [0.2, 0.25) is 0 Å². The Balaban J connectivity index is 1.61. The molecule has 2 heterocycles. The lowest BCUT2D eigenvalue weighted by molar-refractivity contribution is 0.183. The number of benzene rings is 1. The number of anilines is 1. The Kier molecular flexibility index (Phi) is 4.78. The summed E-state index contributed by atoms with van der Waals surface area (Å²) in [7, 11) is 0. The first-order valence-corrected chi connectivity index (χ1v) is 7.91. The van der Waals surface area contributed by atoms with Crippen LogP contribution in [-0.2, 0) is 0 Å². The van der Waals surface area contributed by atoms with E-state index in [1.54, 1.807) is 0 Å². The van der Waals surface area contributed by atoms with Crippen LogP contribution >= 0.6 is 0 Å². The average Bonchev–Trinajstić information content (AvgIpc) is 2.98. The Morgan fingerprint density at radius 1 is 1.24 bits per heavy atom. The van der Waals surface area contributed by atoms with Gasteiger partial charge in [-0.25, -0.2) is 23.5 Å². The van der Waals surface area contributed by atoms with Crippen molar-refractivity contribution < 1.29 is 18.3 Å². The molecule has 1 aliphatic rings. The van der Waals surface area contributed by atoms with Crippen LogP contribution < -0.4 is 10.1 Å². The molecule has 1 aromatic heterocycles. The number of halogens is 2. The molecule has 1 N–H and O–H groups in total. The van der Waals surface area contributed by atoms with Crippen LogP contribution in [-0.4, -0.2) is 40.1 Å². The average molecular weight is 348 g/mol. The van der Waals surface area contributed by atoms with Crippen molar-refractivity contribution in [3.8, 4) is 6.01 Å². The first-order valence-electron chi connectivity index (χ1n) is 7.91. The second-order valence-corrected chi connectivity index (χ2v) is 5.93. The van der Waals surface area contributed by atoms with Crippen molar-refractivity contribution in [3.63, 3.8) is 0 Å². The minimum Gasteiger partial charge on any atom is -0.458 e. The zero-order valence-corrected chi connectivity index (χ0v) is 13.9. The molecule has 0 spiro atoms. The van der Waals surface area contributed by atoms with Crippen LogP contribution in [0.3, 0.4) is 0 Å². The second kappa shape index (κ2) is 7.00. The summed E-state index contributed by atoms with van der Waals surface area (Å²) in [6, 6.07) is 4.95. The monoisotopic (exact) mass is 348 g/mol. The number of hydrogen-bond donors (Lipinski definition) is 1. The minimum atomic E-state index is -0.816. The summed E-state index contributed by atoms with van der Waals surface area (Å²) in [5.41, 5.74) is 1.14. The Labute approximate surface area is 143 Å². The molecule has 1 atom stereocenters. The molecule has 1 fully saturated rings. The van der Waals surface area contributed by atoms with E-state index in [0.717, 1.165) is 23.5 Å². The summed E-state index contributed by atoms with van der Waals surface area (Å²) in [6.07, 6.45) is 0.321. The van der Waals surface area contributed by atoms with Crippen molar-refractivity contribution in [2.24, 2.45) is 0 Å². The van der Waals surface area contributed by atoms with E-state index in [4.69, 9.17) is 4.74 Å². The normalized spacial score (nSPS) is 16.8. The fourth-order valence-corrected chi connectivity index (χ4v) is 2.71. The number of carbonyl (C=O) groups is 1. The van der Waals surface area contributed by atoms with E-state index in [2.05, 4.69) is 15.3 Å². The van der Waals surface area contributed by atoms with Gasteiger partial charge in [0.1, 0.15) is 23.4 Å². The number of rotatable bonds is 3. The lowest BCUT2D eigenvalue weighted by Crippen LogP contribution is -2.35. The fraction of sp³-hybridized carbons (Fsp3) is 0.353. The molecule has 1 saturated heterocycles. The second-order valence-electron chi connectivity index (χ2n) is 5.93. The quantitative estimate of drug-likeness (QED) is 0.926. The predicted molar refractivity (Wildman–Crippen MR) is 87.5 cm³/mol. The van der Waals surface area contributed by atoms with E-state index in [-0.39, 0.29) is 18.7 Å². The number of aromatic nitrogens is 2. The lowest BCUT2D eigenvalue weighted by atomic mass is 10.3. The highest BCUT2D eigenvalue weighted by molar-refractivity contribution is 5.89. The third kappa shape index (κ3) is 4.01. The molecule has 0 radical (unpaired) electrons. The van der Waals surface area contributed by atoms with Crippen LogP contribution in [0.25, 0.3) is 0 Å². The van der Waals surface area contributed by atoms with Gasteiger partial charge >= 0.3 is 12.0 Å². The van der Waals surface area contributed by atoms with E-state index in [1.165, 1.54) is 11.0 Å². The van der Waals surface area contributed by atoms with Crippen LogP contribution in [0.1, 0.15) is 17.8 Å². The van der Waals surface area contributed by atoms with Crippen molar-refractivity contribution in [1.29, 1.82) is 0 Å². The number of hydrogen-bond acceptors (Lipinski definition) is 4.